The maximum Gasteiger partial charge on any atom is 0.223 e. The lowest BCUT2D eigenvalue weighted by molar-refractivity contribution is -0.128. The summed E-state index contributed by atoms with van der Waals surface area (Å²) in [6.07, 6.45) is 2.44. The summed E-state index contributed by atoms with van der Waals surface area (Å²) in [5.41, 5.74) is 0.714. The Balaban J connectivity index is 1.70. The summed E-state index contributed by atoms with van der Waals surface area (Å²) in [7, 11) is -3.16. The maximum atomic E-state index is 12.2. The molecule has 6 nitrogen and oxygen atoms in total. The molecule has 0 saturated carbocycles. The highest BCUT2D eigenvalue weighted by Gasteiger charge is 2.49. The molecule has 1 spiro atoms. The second-order valence-electron chi connectivity index (χ2n) is 6.13. The van der Waals surface area contributed by atoms with Crippen LogP contribution in [-0.4, -0.2) is 54.4 Å². The molecule has 0 radical (unpaired) electrons. The van der Waals surface area contributed by atoms with Crippen LogP contribution in [0.4, 0.5) is 0 Å². The Hall–Kier alpha value is -0.990. The predicted molar refractivity (Wildman–Crippen MR) is 80.4 cm³/mol. The van der Waals surface area contributed by atoms with E-state index in [4.69, 9.17) is 0 Å². The molecule has 0 bridgehead atoms. The summed E-state index contributed by atoms with van der Waals surface area (Å²) >= 11 is 1.58. The molecule has 1 atom stereocenters. The first-order valence-electron chi connectivity index (χ1n) is 6.91. The fourth-order valence-electron chi connectivity index (χ4n) is 3.25. The summed E-state index contributed by atoms with van der Waals surface area (Å²) < 4.78 is 24.8. The highest BCUT2D eigenvalue weighted by molar-refractivity contribution is 7.88. The van der Waals surface area contributed by atoms with Crippen LogP contribution < -0.4 is 0 Å². The second-order valence-corrected chi connectivity index (χ2v) is 9.18. The zero-order chi connectivity index (χ0) is 15.3. The van der Waals surface area contributed by atoms with Crippen LogP contribution in [0.15, 0.2) is 5.38 Å². The first-order chi connectivity index (χ1) is 9.77. The summed E-state index contributed by atoms with van der Waals surface area (Å²) in [6, 6.07) is 0. The SMILES string of the molecule is Cc1nc(CN2CC3(CCN(S(C)(=O)=O)C3)CC2=O)cs1. The molecule has 2 saturated heterocycles. The van der Waals surface area contributed by atoms with E-state index >= 15 is 0 Å². The lowest BCUT2D eigenvalue weighted by Gasteiger charge is -2.23. The number of amides is 1. The summed E-state index contributed by atoms with van der Waals surface area (Å²) in [5, 5.41) is 2.97. The van der Waals surface area contributed by atoms with Crippen molar-refractivity contribution in [2.75, 3.05) is 25.9 Å². The first kappa shape index (κ1) is 14.9. The Morgan fingerprint density at radius 1 is 1.43 bits per heavy atom. The van der Waals surface area contributed by atoms with Gasteiger partial charge in [-0.15, -0.1) is 11.3 Å². The molecule has 21 heavy (non-hydrogen) atoms. The van der Waals surface area contributed by atoms with E-state index in [-0.39, 0.29) is 11.3 Å². The minimum Gasteiger partial charge on any atom is -0.336 e. The summed E-state index contributed by atoms with van der Waals surface area (Å²) in [6.45, 7) is 4.10. The van der Waals surface area contributed by atoms with E-state index < -0.39 is 10.0 Å². The molecule has 1 aromatic heterocycles. The number of sulfonamides is 1. The molecule has 1 amide bonds. The molecule has 8 heteroatoms. The van der Waals surface area contributed by atoms with Gasteiger partial charge in [0.25, 0.3) is 0 Å². The standard InChI is InChI=1S/C13H19N3O3S2/c1-10-14-11(7-20-10)6-15-8-13(5-12(15)17)3-4-16(9-13)21(2,18)19/h7H,3-6,8-9H2,1-2H3. The fraction of sp³-hybridized carbons (Fsp3) is 0.692. The van der Waals surface area contributed by atoms with Crippen LogP contribution in [0, 0.1) is 12.3 Å². The van der Waals surface area contributed by atoms with Gasteiger partial charge in [0.1, 0.15) is 0 Å². The molecule has 0 N–H and O–H groups in total. The molecule has 0 aromatic carbocycles. The summed E-state index contributed by atoms with van der Waals surface area (Å²) in [4.78, 5) is 18.5. The summed E-state index contributed by atoms with van der Waals surface area (Å²) in [5.74, 6) is 0.107. The van der Waals surface area contributed by atoms with Crippen LogP contribution in [0.5, 0.6) is 0 Å². The van der Waals surface area contributed by atoms with E-state index in [9.17, 15) is 13.2 Å². The van der Waals surface area contributed by atoms with Crippen molar-refractivity contribution in [1.82, 2.24) is 14.2 Å². The number of thiazole rings is 1. The number of carbonyl (C=O) groups excluding carboxylic acids is 1. The van der Waals surface area contributed by atoms with Gasteiger partial charge in [-0.1, -0.05) is 0 Å². The van der Waals surface area contributed by atoms with Crippen molar-refractivity contribution in [2.24, 2.45) is 5.41 Å². The lowest BCUT2D eigenvalue weighted by Crippen LogP contribution is -2.33. The monoisotopic (exact) mass is 329 g/mol. The molecule has 2 fully saturated rings. The van der Waals surface area contributed by atoms with Gasteiger partial charge >= 0.3 is 0 Å². The van der Waals surface area contributed by atoms with Crippen LogP contribution in [0.25, 0.3) is 0 Å². The number of hydrogen-bond acceptors (Lipinski definition) is 5. The van der Waals surface area contributed by atoms with Crippen LogP contribution >= 0.6 is 11.3 Å². The number of aryl methyl sites for hydroxylation is 1. The van der Waals surface area contributed by atoms with Crippen molar-refractivity contribution in [3.63, 3.8) is 0 Å². The largest absolute Gasteiger partial charge is 0.336 e. The van der Waals surface area contributed by atoms with Gasteiger partial charge in [-0.25, -0.2) is 17.7 Å². The zero-order valence-corrected chi connectivity index (χ0v) is 13.8. The molecular weight excluding hydrogens is 310 g/mol. The molecular formula is C13H19N3O3S2. The van der Waals surface area contributed by atoms with E-state index in [2.05, 4.69) is 4.98 Å². The van der Waals surface area contributed by atoms with Gasteiger partial charge in [0.2, 0.25) is 15.9 Å². The van der Waals surface area contributed by atoms with Crippen molar-refractivity contribution in [3.05, 3.63) is 16.1 Å². The first-order valence-corrected chi connectivity index (χ1v) is 9.64. The van der Waals surface area contributed by atoms with E-state index in [0.29, 0.717) is 32.6 Å². The maximum absolute atomic E-state index is 12.2. The van der Waals surface area contributed by atoms with E-state index in [1.807, 2.05) is 17.2 Å². The Morgan fingerprint density at radius 3 is 2.76 bits per heavy atom. The van der Waals surface area contributed by atoms with Gasteiger partial charge in [-0.2, -0.15) is 0 Å². The topological polar surface area (TPSA) is 70.6 Å². The quantitative estimate of drug-likeness (QED) is 0.824. The number of nitrogens with zero attached hydrogens (tertiary/aromatic N) is 3. The minimum absolute atomic E-state index is 0.107. The van der Waals surface area contributed by atoms with Gasteiger partial charge in [0.05, 0.1) is 23.5 Å². The average Bonchev–Trinajstić information content (AvgIpc) is 3.02. The second kappa shape index (κ2) is 5.03. The van der Waals surface area contributed by atoms with Gasteiger partial charge in [0, 0.05) is 36.9 Å². The number of carbonyl (C=O) groups is 1. The number of aromatic nitrogens is 1. The van der Waals surface area contributed by atoms with Crippen LogP contribution in [0.1, 0.15) is 23.5 Å². The van der Waals surface area contributed by atoms with Crippen LogP contribution in [0.3, 0.4) is 0 Å². The van der Waals surface area contributed by atoms with E-state index in [0.717, 1.165) is 17.1 Å². The molecule has 116 valence electrons. The van der Waals surface area contributed by atoms with Crippen molar-refractivity contribution in [2.45, 2.75) is 26.3 Å². The average molecular weight is 329 g/mol. The Kier molecular flexibility index (Phi) is 3.58. The van der Waals surface area contributed by atoms with Gasteiger partial charge in [-0.05, 0) is 13.3 Å². The molecule has 2 aliphatic rings. The third kappa shape index (κ3) is 2.97. The molecule has 1 unspecified atom stereocenters. The molecule has 2 aliphatic heterocycles. The van der Waals surface area contributed by atoms with Crippen LogP contribution in [0.2, 0.25) is 0 Å². The lowest BCUT2D eigenvalue weighted by atomic mass is 9.86. The van der Waals surface area contributed by atoms with Crippen molar-refractivity contribution < 1.29 is 13.2 Å². The van der Waals surface area contributed by atoms with Gasteiger partial charge < -0.3 is 4.90 Å². The molecule has 1 aromatic rings. The minimum atomic E-state index is -3.16. The van der Waals surface area contributed by atoms with Crippen molar-refractivity contribution >= 4 is 27.3 Å². The van der Waals surface area contributed by atoms with E-state index in [1.54, 1.807) is 11.3 Å². The fourth-order valence-corrected chi connectivity index (χ4v) is 4.79. The number of rotatable bonds is 3. The van der Waals surface area contributed by atoms with Crippen molar-refractivity contribution in [3.8, 4) is 0 Å². The predicted octanol–water partition coefficient (Wildman–Crippen LogP) is 0.836. The molecule has 3 rings (SSSR count). The van der Waals surface area contributed by atoms with Gasteiger partial charge in [0.15, 0.2) is 0 Å². The van der Waals surface area contributed by atoms with Gasteiger partial charge in [-0.3, -0.25) is 4.79 Å². The highest BCUT2D eigenvalue weighted by atomic mass is 32.2. The zero-order valence-electron chi connectivity index (χ0n) is 12.2. The third-order valence-corrected chi connectivity index (χ3v) is 6.37. The molecule has 3 heterocycles. The Morgan fingerprint density at radius 2 is 2.19 bits per heavy atom. The van der Waals surface area contributed by atoms with Crippen molar-refractivity contribution in [1.29, 1.82) is 0 Å². The Bertz CT molecular complexity index is 670. The third-order valence-electron chi connectivity index (χ3n) is 4.30. The van der Waals surface area contributed by atoms with E-state index in [1.165, 1.54) is 10.6 Å². The van der Waals surface area contributed by atoms with Crippen LogP contribution in [-0.2, 0) is 21.4 Å². The highest BCUT2D eigenvalue weighted by Crippen LogP contribution is 2.41. The normalized spacial score (nSPS) is 27.1. The Labute approximate surface area is 128 Å². The molecule has 0 aliphatic carbocycles. The number of likely N-dealkylation sites (tertiary alicyclic amines) is 1. The smallest absolute Gasteiger partial charge is 0.223 e. The number of hydrogen-bond donors (Lipinski definition) is 0.